The second-order valence-corrected chi connectivity index (χ2v) is 4.49. The van der Waals surface area contributed by atoms with Gasteiger partial charge in [-0.05, 0) is 24.1 Å². The number of hydrogen-bond donors (Lipinski definition) is 1. The highest BCUT2D eigenvalue weighted by Gasteiger charge is 2.08. The molecule has 1 aliphatic rings. The Morgan fingerprint density at radius 3 is 2.80 bits per heavy atom. The number of halogens is 1. The highest BCUT2D eigenvalue weighted by Crippen LogP contribution is 2.25. The van der Waals surface area contributed by atoms with E-state index in [9.17, 15) is 0 Å². The van der Waals surface area contributed by atoms with Crippen molar-refractivity contribution in [3.05, 3.63) is 40.4 Å². The average molecular weight is 268 g/mol. The highest BCUT2D eigenvalue weighted by molar-refractivity contribution is 9.10. The third-order valence-corrected chi connectivity index (χ3v) is 3.37. The molecule has 0 radical (unpaired) electrons. The van der Waals surface area contributed by atoms with Gasteiger partial charge in [0.1, 0.15) is 0 Å². The summed E-state index contributed by atoms with van der Waals surface area (Å²) in [6, 6.07) is 6.11. The largest absolute Gasteiger partial charge is 0.392 e. The molecule has 0 aliphatic carbocycles. The summed E-state index contributed by atoms with van der Waals surface area (Å²) in [5, 5.41) is 9.06. The molecule has 2 nitrogen and oxygen atoms in total. The van der Waals surface area contributed by atoms with E-state index in [0.717, 1.165) is 29.5 Å². The molecule has 1 N–H and O–H groups in total. The van der Waals surface area contributed by atoms with Crippen molar-refractivity contribution in [2.24, 2.45) is 0 Å². The van der Waals surface area contributed by atoms with Crippen LogP contribution in [0.25, 0.3) is 0 Å². The van der Waals surface area contributed by atoms with E-state index in [1.54, 1.807) is 0 Å². The smallest absolute Gasteiger partial charge is 0.0692 e. The zero-order valence-electron chi connectivity index (χ0n) is 8.49. The first-order valence-corrected chi connectivity index (χ1v) is 5.90. The molecule has 0 spiro atoms. The molecule has 2 rings (SSSR count). The number of aliphatic hydroxyl groups excluding tert-OH is 1. The van der Waals surface area contributed by atoms with E-state index in [1.807, 2.05) is 6.07 Å². The van der Waals surface area contributed by atoms with Crippen LogP contribution < -0.4 is 4.90 Å². The molecule has 0 unspecified atom stereocenters. The molecule has 0 saturated heterocycles. The van der Waals surface area contributed by atoms with E-state index < -0.39 is 0 Å². The van der Waals surface area contributed by atoms with Gasteiger partial charge in [-0.25, -0.2) is 0 Å². The summed E-state index contributed by atoms with van der Waals surface area (Å²) in [5.74, 6) is 0. The molecular formula is C12H14BrNO. The summed E-state index contributed by atoms with van der Waals surface area (Å²) >= 11 is 3.47. The number of nitrogens with zero attached hydrogens (tertiary/aromatic N) is 1. The zero-order chi connectivity index (χ0) is 10.7. The van der Waals surface area contributed by atoms with Crippen molar-refractivity contribution in [2.45, 2.75) is 13.0 Å². The summed E-state index contributed by atoms with van der Waals surface area (Å²) in [6.45, 7) is 2.13. The fraction of sp³-hybridized carbons (Fsp3) is 0.333. The Morgan fingerprint density at radius 2 is 2.20 bits per heavy atom. The first-order valence-electron chi connectivity index (χ1n) is 5.10. The fourth-order valence-corrected chi connectivity index (χ4v) is 2.23. The van der Waals surface area contributed by atoms with Gasteiger partial charge >= 0.3 is 0 Å². The summed E-state index contributed by atoms with van der Waals surface area (Å²) in [5.41, 5.74) is 2.15. The van der Waals surface area contributed by atoms with Crippen molar-refractivity contribution >= 4 is 21.6 Å². The Morgan fingerprint density at radius 1 is 1.33 bits per heavy atom. The molecule has 0 atom stereocenters. The second-order valence-electron chi connectivity index (χ2n) is 3.64. The van der Waals surface area contributed by atoms with Gasteiger partial charge in [-0.1, -0.05) is 34.1 Å². The van der Waals surface area contributed by atoms with Crippen LogP contribution in [0.1, 0.15) is 12.0 Å². The van der Waals surface area contributed by atoms with Gasteiger partial charge in [-0.2, -0.15) is 0 Å². The lowest BCUT2D eigenvalue weighted by Crippen LogP contribution is -2.26. The van der Waals surface area contributed by atoms with Crippen LogP contribution in [0.3, 0.4) is 0 Å². The van der Waals surface area contributed by atoms with E-state index in [1.165, 1.54) is 5.69 Å². The van der Waals surface area contributed by atoms with E-state index in [2.05, 4.69) is 45.1 Å². The monoisotopic (exact) mass is 267 g/mol. The number of hydrogen-bond acceptors (Lipinski definition) is 2. The minimum absolute atomic E-state index is 0.0841. The zero-order valence-corrected chi connectivity index (χ0v) is 10.1. The van der Waals surface area contributed by atoms with Crippen molar-refractivity contribution in [1.29, 1.82) is 0 Å². The van der Waals surface area contributed by atoms with Crippen LogP contribution in [0.4, 0.5) is 5.69 Å². The predicted molar refractivity (Wildman–Crippen MR) is 66.0 cm³/mol. The minimum atomic E-state index is 0.0841. The van der Waals surface area contributed by atoms with Gasteiger partial charge in [0.05, 0.1) is 6.61 Å². The lowest BCUT2D eigenvalue weighted by Gasteiger charge is -2.26. The van der Waals surface area contributed by atoms with Crippen molar-refractivity contribution in [3.8, 4) is 0 Å². The second kappa shape index (κ2) is 4.81. The quantitative estimate of drug-likeness (QED) is 0.834. The molecule has 0 bridgehead atoms. The Bertz CT molecular complexity index is 376. The number of rotatable bonds is 2. The molecule has 1 aromatic carbocycles. The van der Waals surface area contributed by atoms with E-state index in [-0.39, 0.29) is 6.61 Å². The maximum atomic E-state index is 9.06. The Balaban J connectivity index is 2.21. The molecule has 1 aliphatic heterocycles. The van der Waals surface area contributed by atoms with Crippen molar-refractivity contribution in [2.75, 3.05) is 18.0 Å². The third kappa shape index (κ3) is 2.41. The number of aliphatic hydroxyl groups is 1. The topological polar surface area (TPSA) is 23.5 Å². The molecule has 3 heteroatoms. The Labute approximate surface area is 98.3 Å². The number of anilines is 1. The highest BCUT2D eigenvalue weighted by atomic mass is 79.9. The van der Waals surface area contributed by atoms with Crippen LogP contribution in [0, 0.1) is 0 Å². The number of benzene rings is 1. The summed E-state index contributed by atoms with van der Waals surface area (Å²) in [7, 11) is 0. The first kappa shape index (κ1) is 10.7. The van der Waals surface area contributed by atoms with Crippen LogP contribution in [-0.4, -0.2) is 18.2 Å². The fourth-order valence-electron chi connectivity index (χ4n) is 1.74. The molecule has 0 amide bonds. The van der Waals surface area contributed by atoms with Gasteiger partial charge in [0.15, 0.2) is 0 Å². The summed E-state index contributed by atoms with van der Waals surface area (Å²) in [4.78, 5) is 2.33. The molecule has 0 saturated carbocycles. The van der Waals surface area contributed by atoms with Crippen LogP contribution in [0.5, 0.6) is 0 Å². The molecule has 0 fully saturated rings. The molecule has 1 heterocycles. The third-order valence-electron chi connectivity index (χ3n) is 2.63. The molecular weight excluding hydrogens is 254 g/mol. The SMILES string of the molecule is OCc1ccc(N2CC=CCC2)cc1Br. The van der Waals surface area contributed by atoms with E-state index >= 15 is 0 Å². The summed E-state index contributed by atoms with van der Waals surface area (Å²) < 4.78 is 0.983. The van der Waals surface area contributed by atoms with Crippen LogP contribution in [-0.2, 0) is 6.61 Å². The van der Waals surface area contributed by atoms with E-state index in [0.29, 0.717) is 0 Å². The van der Waals surface area contributed by atoms with Gasteiger partial charge in [0, 0.05) is 23.2 Å². The van der Waals surface area contributed by atoms with Crippen molar-refractivity contribution in [1.82, 2.24) is 0 Å². The lowest BCUT2D eigenvalue weighted by molar-refractivity contribution is 0.281. The van der Waals surface area contributed by atoms with Gasteiger partial charge in [-0.15, -0.1) is 0 Å². The lowest BCUT2D eigenvalue weighted by atomic mass is 10.1. The maximum Gasteiger partial charge on any atom is 0.0692 e. The van der Waals surface area contributed by atoms with Gasteiger partial charge in [-0.3, -0.25) is 0 Å². The van der Waals surface area contributed by atoms with Crippen LogP contribution >= 0.6 is 15.9 Å². The average Bonchev–Trinajstić information content (AvgIpc) is 2.30. The standard InChI is InChI=1S/C12H14BrNO/c13-12-8-11(5-4-10(12)9-15)14-6-2-1-3-7-14/h1-2,4-5,8,15H,3,6-7,9H2. The molecule has 80 valence electrons. The molecule has 0 aromatic heterocycles. The first-order chi connectivity index (χ1) is 7.31. The van der Waals surface area contributed by atoms with Crippen molar-refractivity contribution < 1.29 is 5.11 Å². The minimum Gasteiger partial charge on any atom is -0.392 e. The van der Waals surface area contributed by atoms with Crippen LogP contribution in [0.2, 0.25) is 0 Å². The van der Waals surface area contributed by atoms with E-state index in [4.69, 9.17) is 5.11 Å². The Hall–Kier alpha value is -0.800. The van der Waals surface area contributed by atoms with Crippen molar-refractivity contribution in [3.63, 3.8) is 0 Å². The maximum absolute atomic E-state index is 9.06. The normalized spacial score (nSPS) is 15.7. The predicted octanol–water partition coefficient (Wildman–Crippen LogP) is 2.71. The Kier molecular flexibility index (Phi) is 3.44. The van der Waals surface area contributed by atoms with Crippen LogP contribution in [0.15, 0.2) is 34.8 Å². The summed E-state index contributed by atoms with van der Waals surface area (Å²) in [6.07, 6.45) is 5.52. The van der Waals surface area contributed by atoms with Gasteiger partial charge < -0.3 is 10.0 Å². The molecule has 1 aromatic rings. The van der Waals surface area contributed by atoms with Gasteiger partial charge in [0.25, 0.3) is 0 Å². The van der Waals surface area contributed by atoms with Gasteiger partial charge in [0.2, 0.25) is 0 Å². The molecule has 15 heavy (non-hydrogen) atoms.